The van der Waals surface area contributed by atoms with E-state index in [0.717, 1.165) is 17.1 Å². The Labute approximate surface area is 176 Å². The minimum atomic E-state index is -0.434. The van der Waals surface area contributed by atoms with Crippen LogP contribution in [0, 0.1) is 27.7 Å². The zero-order valence-corrected chi connectivity index (χ0v) is 18.0. The molecule has 2 amide bonds. The molecule has 3 rings (SSSR count). The van der Waals surface area contributed by atoms with E-state index in [9.17, 15) is 9.59 Å². The van der Waals surface area contributed by atoms with Crippen molar-refractivity contribution in [1.82, 2.24) is 9.88 Å². The van der Waals surface area contributed by atoms with E-state index in [1.165, 1.54) is 11.1 Å². The van der Waals surface area contributed by atoms with Gasteiger partial charge in [0.2, 0.25) is 0 Å². The monoisotopic (exact) mass is 405 g/mol. The number of Topliss-reactive ketones (excluding diaryl/α,β-unsaturated/α-hetero) is 1. The van der Waals surface area contributed by atoms with Crippen LogP contribution in [0.25, 0.3) is 5.69 Å². The second kappa shape index (κ2) is 8.86. The van der Waals surface area contributed by atoms with E-state index >= 15 is 0 Å². The molecule has 156 valence electrons. The van der Waals surface area contributed by atoms with E-state index < -0.39 is 6.03 Å². The molecular formula is C24H27N3O3. The molecule has 1 heterocycles. The van der Waals surface area contributed by atoms with Crippen molar-refractivity contribution >= 4 is 17.5 Å². The van der Waals surface area contributed by atoms with Crippen LogP contribution in [-0.4, -0.2) is 30.0 Å². The number of nitrogens with zero attached hydrogens (tertiary/aromatic N) is 1. The van der Waals surface area contributed by atoms with Gasteiger partial charge in [-0.25, -0.2) is 4.79 Å². The molecule has 0 radical (unpaired) electrons. The van der Waals surface area contributed by atoms with Crippen molar-refractivity contribution in [3.63, 3.8) is 0 Å². The Morgan fingerprint density at radius 2 is 1.63 bits per heavy atom. The van der Waals surface area contributed by atoms with Crippen LogP contribution in [0.15, 0.2) is 48.5 Å². The van der Waals surface area contributed by atoms with Gasteiger partial charge in [-0.3, -0.25) is 4.79 Å². The lowest BCUT2D eigenvalue weighted by atomic mass is 10.1. The Balaban J connectivity index is 1.68. The maximum Gasteiger partial charge on any atom is 0.319 e. The van der Waals surface area contributed by atoms with Crippen LogP contribution >= 0.6 is 0 Å². The topological polar surface area (TPSA) is 72.4 Å². The first-order valence-corrected chi connectivity index (χ1v) is 9.79. The lowest BCUT2D eigenvalue weighted by Gasteiger charge is -2.12. The average molecular weight is 405 g/mol. The normalized spacial score (nSPS) is 10.6. The van der Waals surface area contributed by atoms with Gasteiger partial charge in [0.05, 0.1) is 13.7 Å². The number of benzene rings is 2. The van der Waals surface area contributed by atoms with Crippen LogP contribution < -0.4 is 15.4 Å². The summed E-state index contributed by atoms with van der Waals surface area (Å²) in [4.78, 5) is 24.9. The molecule has 0 spiro atoms. The molecule has 0 saturated heterocycles. The molecular weight excluding hydrogens is 378 g/mol. The smallest absolute Gasteiger partial charge is 0.319 e. The highest BCUT2D eigenvalue weighted by atomic mass is 16.5. The third-order valence-electron chi connectivity index (χ3n) is 5.24. The summed E-state index contributed by atoms with van der Waals surface area (Å²) in [5.41, 5.74) is 6.51. The second-order valence-corrected chi connectivity index (χ2v) is 7.35. The Morgan fingerprint density at radius 1 is 0.933 bits per heavy atom. The summed E-state index contributed by atoms with van der Waals surface area (Å²) in [7, 11) is 1.58. The van der Waals surface area contributed by atoms with Gasteiger partial charge < -0.3 is 19.9 Å². The Hall–Kier alpha value is -3.54. The summed E-state index contributed by atoms with van der Waals surface area (Å²) in [6.45, 7) is 7.96. The molecule has 0 fully saturated rings. The largest absolute Gasteiger partial charge is 0.497 e. The highest BCUT2D eigenvalue weighted by Crippen LogP contribution is 2.23. The quantitative estimate of drug-likeness (QED) is 0.583. The van der Waals surface area contributed by atoms with Crippen molar-refractivity contribution in [2.45, 2.75) is 27.7 Å². The number of urea groups is 1. The number of ketones is 1. The van der Waals surface area contributed by atoms with Gasteiger partial charge >= 0.3 is 6.03 Å². The van der Waals surface area contributed by atoms with Crippen LogP contribution in [0.2, 0.25) is 0 Å². The molecule has 0 aliphatic heterocycles. The summed E-state index contributed by atoms with van der Waals surface area (Å²) in [6, 6.07) is 14.7. The number of ether oxygens (including phenoxy) is 1. The number of hydrogen-bond acceptors (Lipinski definition) is 3. The molecule has 0 unspecified atom stereocenters. The molecule has 1 aromatic heterocycles. The first kappa shape index (κ1) is 21.2. The van der Waals surface area contributed by atoms with Gasteiger partial charge in [0.1, 0.15) is 5.75 Å². The van der Waals surface area contributed by atoms with E-state index in [2.05, 4.69) is 47.2 Å². The molecule has 0 bridgehead atoms. The van der Waals surface area contributed by atoms with Crippen molar-refractivity contribution in [2.75, 3.05) is 19.0 Å². The Morgan fingerprint density at radius 3 is 2.27 bits per heavy atom. The van der Waals surface area contributed by atoms with Crippen LogP contribution in [0.3, 0.4) is 0 Å². The standard InChI is InChI=1S/C24H27N3O3/c1-15-6-9-20(12-16(15)2)27-17(3)13-22(18(27)4)23(28)14-25-24(29)26-19-7-10-21(30-5)11-8-19/h6-13H,14H2,1-5H3,(H2,25,26,29). The Bertz CT molecular complexity index is 1080. The number of carbonyl (C=O) groups excluding carboxylic acids is 2. The SMILES string of the molecule is COc1ccc(NC(=O)NCC(=O)c2cc(C)n(-c3ccc(C)c(C)c3)c2C)cc1. The third kappa shape index (κ3) is 4.54. The fourth-order valence-electron chi connectivity index (χ4n) is 3.41. The Kier molecular flexibility index (Phi) is 6.26. The molecule has 0 aliphatic rings. The third-order valence-corrected chi connectivity index (χ3v) is 5.24. The number of aryl methyl sites for hydroxylation is 3. The van der Waals surface area contributed by atoms with Crippen LogP contribution in [-0.2, 0) is 0 Å². The summed E-state index contributed by atoms with van der Waals surface area (Å²) < 4.78 is 7.16. The molecule has 0 atom stereocenters. The van der Waals surface area contributed by atoms with Crippen molar-refractivity contribution in [3.05, 3.63) is 76.6 Å². The van der Waals surface area contributed by atoms with Gasteiger partial charge in [-0.15, -0.1) is 0 Å². The highest BCUT2D eigenvalue weighted by Gasteiger charge is 2.17. The number of aromatic nitrogens is 1. The second-order valence-electron chi connectivity index (χ2n) is 7.35. The number of amides is 2. The minimum Gasteiger partial charge on any atom is -0.497 e. The van der Waals surface area contributed by atoms with Crippen molar-refractivity contribution < 1.29 is 14.3 Å². The van der Waals surface area contributed by atoms with Crippen LogP contribution in [0.1, 0.15) is 32.9 Å². The summed E-state index contributed by atoms with van der Waals surface area (Å²) in [5, 5.41) is 5.34. The van der Waals surface area contributed by atoms with E-state index in [0.29, 0.717) is 17.0 Å². The molecule has 6 nitrogen and oxygen atoms in total. The van der Waals surface area contributed by atoms with Gasteiger partial charge in [0.15, 0.2) is 5.78 Å². The van der Waals surface area contributed by atoms with E-state index in [1.54, 1.807) is 31.4 Å². The lowest BCUT2D eigenvalue weighted by molar-refractivity contribution is 0.0992. The van der Waals surface area contributed by atoms with E-state index in [4.69, 9.17) is 4.74 Å². The zero-order valence-electron chi connectivity index (χ0n) is 18.0. The van der Waals surface area contributed by atoms with Gasteiger partial charge in [0.25, 0.3) is 0 Å². The first-order chi connectivity index (χ1) is 14.3. The molecule has 2 aromatic carbocycles. The highest BCUT2D eigenvalue weighted by molar-refractivity contribution is 6.01. The number of nitrogens with one attached hydrogen (secondary N) is 2. The first-order valence-electron chi connectivity index (χ1n) is 9.79. The van der Waals surface area contributed by atoms with E-state index in [-0.39, 0.29) is 12.3 Å². The minimum absolute atomic E-state index is 0.0841. The van der Waals surface area contributed by atoms with Crippen molar-refractivity contribution in [3.8, 4) is 11.4 Å². The summed E-state index contributed by atoms with van der Waals surface area (Å²) in [6.07, 6.45) is 0. The molecule has 0 aliphatic carbocycles. The van der Waals surface area contributed by atoms with Gasteiger partial charge in [-0.2, -0.15) is 0 Å². The zero-order chi connectivity index (χ0) is 21.8. The van der Waals surface area contributed by atoms with Crippen molar-refractivity contribution in [1.29, 1.82) is 0 Å². The summed E-state index contributed by atoms with van der Waals surface area (Å²) in [5.74, 6) is 0.568. The van der Waals surface area contributed by atoms with Crippen molar-refractivity contribution in [2.24, 2.45) is 0 Å². The fourth-order valence-corrected chi connectivity index (χ4v) is 3.41. The number of carbonyl (C=O) groups is 2. The number of rotatable bonds is 6. The molecule has 6 heteroatoms. The van der Waals surface area contributed by atoms with Gasteiger partial charge in [-0.1, -0.05) is 6.07 Å². The maximum absolute atomic E-state index is 12.8. The molecule has 3 aromatic rings. The van der Waals surface area contributed by atoms with E-state index in [1.807, 2.05) is 19.9 Å². The predicted molar refractivity (Wildman–Crippen MR) is 119 cm³/mol. The van der Waals surface area contributed by atoms with Crippen LogP contribution in [0.5, 0.6) is 5.75 Å². The lowest BCUT2D eigenvalue weighted by Crippen LogP contribution is -2.33. The van der Waals surface area contributed by atoms with Crippen LogP contribution in [0.4, 0.5) is 10.5 Å². The fraction of sp³-hybridized carbons (Fsp3) is 0.250. The summed E-state index contributed by atoms with van der Waals surface area (Å²) >= 11 is 0. The molecule has 0 saturated carbocycles. The number of anilines is 1. The van der Waals surface area contributed by atoms with Gasteiger partial charge in [-0.05, 0) is 81.3 Å². The maximum atomic E-state index is 12.8. The number of methoxy groups -OCH3 is 1. The predicted octanol–water partition coefficient (Wildman–Crippen LogP) is 4.72. The average Bonchev–Trinajstić information content (AvgIpc) is 3.03. The van der Waals surface area contributed by atoms with Gasteiger partial charge in [0, 0.05) is 28.3 Å². The molecule has 2 N–H and O–H groups in total. The number of hydrogen-bond donors (Lipinski definition) is 2. The molecule has 30 heavy (non-hydrogen) atoms.